The van der Waals surface area contributed by atoms with E-state index in [9.17, 15) is 14.5 Å². The highest BCUT2D eigenvalue weighted by Crippen LogP contribution is 2.49. The fraction of sp³-hybridized carbons (Fsp3) is 0.212. The van der Waals surface area contributed by atoms with Crippen LogP contribution in [-0.4, -0.2) is 23.2 Å². The molecule has 0 radical (unpaired) electrons. The van der Waals surface area contributed by atoms with Crippen molar-refractivity contribution >= 4 is 46.7 Å². The molecule has 0 aliphatic rings. The Labute approximate surface area is 246 Å². The summed E-state index contributed by atoms with van der Waals surface area (Å²) in [6, 6.07) is 25.2. The van der Waals surface area contributed by atoms with Crippen molar-refractivity contribution in [2.45, 2.75) is 41.5 Å². The number of benzene rings is 3. The van der Waals surface area contributed by atoms with Gasteiger partial charge >= 0.3 is 13.5 Å². The van der Waals surface area contributed by atoms with Crippen molar-refractivity contribution in [3.63, 3.8) is 0 Å². The molecular formula is C33H37N2O4PS. The van der Waals surface area contributed by atoms with Crippen LogP contribution in [0.5, 0.6) is 0 Å². The second kappa shape index (κ2) is 14.2. The average molecular weight is 589 g/mol. The molecule has 0 spiro atoms. The van der Waals surface area contributed by atoms with E-state index >= 15 is 0 Å². The minimum atomic E-state index is -3.56. The van der Waals surface area contributed by atoms with E-state index in [1.165, 1.54) is 7.11 Å². The number of aryl methyl sites for hydroxylation is 2. The molecule has 8 heteroatoms. The molecule has 2 heterocycles. The summed E-state index contributed by atoms with van der Waals surface area (Å²) in [5.74, 6) is -1.10. The summed E-state index contributed by atoms with van der Waals surface area (Å²) >= 11 is 1.13. The number of hydrogen-bond acceptors (Lipinski definition) is 5. The third-order valence-corrected chi connectivity index (χ3v) is 9.60. The highest BCUT2D eigenvalue weighted by Gasteiger charge is 2.30. The molecule has 0 aliphatic carbocycles. The summed E-state index contributed by atoms with van der Waals surface area (Å²) in [6.45, 7) is 11.8. The van der Waals surface area contributed by atoms with E-state index in [1.54, 1.807) is 18.3 Å². The predicted molar refractivity (Wildman–Crippen MR) is 174 cm³/mol. The van der Waals surface area contributed by atoms with Gasteiger partial charge in [0.2, 0.25) is 0 Å². The number of nitrogens with zero attached hydrogens (tertiary/aromatic N) is 1. The number of aromatic carboxylic acids is 1. The van der Waals surface area contributed by atoms with E-state index < -0.39 is 13.5 Å². The molecule has 3 aromatic carbocycles. The predicted octanol–water partition coefficient (Wildman–Crippen LogP) is 9.57. The smallest absolute Gasteiger partial charge is 0.348 e. The van der Waals surface area contributed by atoms with E-state index in [0.717, 1.165) is 54.9 Å². The van der Waals surface area contributed by atoms with Gasteiger partial charge in [0.05, 0.1) is 16.5 Å². The maximum atomic E-state index is 13.8. The maximum Gasteiger partial charge on any atom is 0.348 e. The molecule has 6 nitrogen and oxygen atoms in total. The second-order valence-electron chi connectivity index (χ2n) is 8.75. The highest BCUT2D eigenvalue weighted by molar-refractivity contribution is 7.68. The van der Waals surface area contributed by atoms with Crippen molar-refractivity contribution < 1.29 is 19.0 Å². The zero-order valence-corrected chi connectivity index (χ0v) is 26.3. The summed E-state index contributed by atoms with van der Waals surface area (Å²) in [7, 11) is -2.20. The molecular weight excluding hydrogens is 551 g/mol. The molecule has 41 heavy (non-hydrogen) atoms. The number of thiophene rings is 1. The van der Waals surface area contributed by atoms with E-state index in [-0.39, 0.29) is 10.6 Å². The quantitative estimate of drug-likeness (QED) is 0.184. The van der Waals surface area contributed by atoms with Crippen LogP contribution in [-0.2, 0) is 9.09 Å². The Morgan fingerprint density at radius 2 is 1.59 bits per heavy atom. The van der Waals surface area contributed by atoms with Gasteiger partial charge in [-0.3, -0.25) is 9.55 Å². The fourth-order valence-electron chi connectivity index (χ4n) is 4.44. The number of rotatable bonds is 7. The number of carboxylic acid groups (broad SMARTS) is 1. The van der Waals surface area contributed by atoms with Gasteiger partial charge in [-0.15, -0.1) is 11.3 Å². The van der Waals surface area contributed by atoms with Gasteiger partial charge in [-0.2, -0.15) is 0 Å². The first-order chi connectivity index (χ1) is 19.8. The summed E-state index contributed by atoms with van der Waals surface area (Å²) in [5, 5.41) is 14.4. The van der Waals surface area contributed by atoms with Crippen LogP contribution in [0.3, 0.4) is 0 Å². The Hall–Kier alpha value is -3.77. The number of nitrogens with one attached hydrogen (secondary N) is 1. The van der Waals surface area contributed by atoms with Gasteiger partial charge in [-0.05, 0) is 60.4 Å². The molecule has 5 rings (SSSR count). The summed E-state index contributed by atoms with van der Waals surface area (Å²) in [4.78, 5) is 17.3. The van der Waals surface area contributed by atoms with E-state index in [1.807, 2.05) is 102 Å². The zero-order valence-electron chi connectivity index (χ0n) is 24.6. The Balaban J connectivity index is 0.00000111. The summed E-state index contributed by atoms with van der Waals surface area (Å²) < 4.78 is 19.2. The first-order valence-electron chi connectivity index (χ1n) is 13.6. The van der Waals surface area contributed by atoms with Crippen LogP contribution in [0.25, 0.3) is 32.5 Å². The first kappa shape index (κ1) is 31.8. The standard InChI is InChI=1S/C29H25N2O4PS.2C2H6/c1-18-9-14-26(19(2)16-18)36(34,35-3)31-25-17-27(37-28(25)29(32)33)21-12-10-20(11-13-21)22-6-4-8-24-23(22)7-5-15-30-24;2*1-2/h4-17H,1-3H3,(H,31,34)(H,32,33);2*1-2H3. The molecule has 0 amide bonds. The third-order valence-electron chi connectivity index (χ3n) is 6.25. The lowest BCUT2D eigenvalue weighted by Gasteiger charge is -2.20. The molecule has 0 aliphatic heterocycles. The molecule has 0 fully saturated rings. The lowest BCUT2D eigenvalue weighted by atomic mass is 9.99. The van der Waals surface area contributed by atoms with Gasteiger partial charge in [-0.25, -0.2) is 4.79 Å². The SMILES string of the molecule is CC.CC.COP(=O)(Nc1cc(-c2ccc(-c3cccc4ncccc34)cc2)sc1C(=O)O)c1ccc(C)cc1C. The van der Waals surface area contributed by atoms with Crippen molar-refractivity contribution in [1.82, 2.24) is 4.98 Å². The number of carbonyl (C=O) groups is 1. The lowest BCUT2D eigenvalue weighted by Crippen LogP contribution is -2.17. The van der Waals surface area contributed by atoms with Gasteiger partial charge in [0.15, 0.2) is 0 Å². The van der Waals surface area contributed by atoms with Gasteiger partial charge in [0.25, 0.3) is 0 Å². The normalized spacial score (nSPS) is 11.9. The summed E-state index contributed by atoms with van der Waals surface area (Å²) in [6.07, 6.45) is 1.78. The van der Waals surface area contributed by atoms with Crippen molar-refractivity contribution in [3.8, 4) is 21.6 Å². The maximum absolute atomic E-state index is 13.8. The van der Waals surface area contributed by atoms with Crippen LogP contribution >= 0.6 is 18.9 Å². The lowest BCUT2D eigenvalue weighted by molar-refractivity contribution is 0.0703. The molecule has 0 saturated heterocycles. The molecule has 1 atom stereocenters. The van der Waals surface area contributed by atoms with Crippen molar-refractivity contribution in [1.29, 1.82) is 0 Å². The molecule has 5 aromatic rings. The largest absolute Gasteiger partial charge is 0.477 e. The van der Waals surface area contributed by atoms with Gasteiger partial charge < -0.3 is 14.7 Å². The Bertz CT molecular complexity index is 1670. The highest BCUT2D eigenvalue weighted by atomic mass is 32.1. The molecule has 0 bridgehead atoms. The number of hydrogen-bond donors (Lipinski definition) is 2. The molecule has 2 aromatic heterocycles. The molecule has 214 valence electrons. The Morgan fingerprint density at radius 3 is 2.22 bits per heavy atom. The van der Waals surface area contributed by atoms with Crippen LogP contribution in [0, 0.1) is 13.8 Å². The van der Waals surface area contributed by atoms with Crippen LogP contribution in [0.2, 0.25) is 0 Å². The molecule has 0 saturated carbocycles. The minimum Gasteiger partial charge on any atom is -0.477 e. The Morgan fingerprint density at radius 1 is 0.902 bits per heavy atom. The van der Waals surface area contributed by atoms with Gasteiger partial charge in [-0.1, -0.05) is 87.9 Å². The van der Waals surface area contributed by atoms with E-state index in [0.29, 0.717) is 5.30 Å². The minimum absolute atomic E-state index is 0.0706. The Kier molecular flexibility index (Phi) is 11.0. The number of pyridine rings is 1. The molecule has 1 unspecified atom stereocenters. The third kappa shape index (κ3) is 6.94. The van der Waals surface area contributed by atoms with Gasteiger partial charge in [0.1, 0.15) is 4.88 Å². The van der Waals surface area contributed by atoms with Crippen molar-refractivity contribution in [3.05, 3.63) is 101 Å². The number of fused-ring (bicyclic) bond motifs is 1. The molecule has 2 N–H and O–H groups in total. The van der Waals surface area contributed by atoms with E-state index in [2.05, 4.69) is 16.1 Å². The monoisotopic (exact) mass is 588 g/mol. The van der Waals surface area contributed by atoms with Crippen LogP contribution in [0.15, 0.2) is 85.1 Å². The fourth-order valence-corrected chi connectivity index (χ4v) is 7.18. The number of anilines is 1. The van der Waals surface area contributed by atoms with Crippen molar-refractivity contribution in [2.24, 2.45) is 0 Å². The van der Waals surface area contributed by atoms with Gasteiger partial charge in [0, 0.05) is 23.6 Å². The van der Waals surface area contributed by atoms with Crippen LogP contribution in [0.1, 0.15) is 48.5 Å². The number of aromatic nitrogens is 1. The first-order valence-corrected chi connectivity index (χ1v) is 16.1. The van der Waals surface area contributed by atoms with Crippen LogP contribution in [0.4, 0.5) is 5.69 Å². The van der Waals surface area contributed by atoms with Crippen LogP contribution < -0.4 is 10.4 Å². The second-order valence-corrected chi connectivity index (χ2v) is 12.0. The topological polar surface area (TPSA) is 88.5 Å². The van der Waals surface area contributed by atoms with E-state index in [4.69, 9.17) is 4.52 Å². The number of carboxylic acids is 1. The average Bonchev–Trinajstić information content (AvgIpc) is 3.42. The zero-order chi connectivity index (χ0) is 30.2. The summed E-state index contributed by atoms with van der Waals surface area (Å²) in [5.41, 5.74) is 6.01. The van der Waals surface area contributed by atoms with Crippen molar-refractivity contribution in [2.75, 3.05) is 12.2 Å².